The highest BCUT2D eigenvalue weighted by Crippen LogP contribution is 2.65. The van der Waals surface area contributed by atoms with E-state index in [9.17, 15) is 23.6 Å². The molecule has 1 saturated carbocycles. The number of hydrogen-bond donors (Lipinski definition) is 2. The van der Waals surface area contributed by atoms with Crippen LogP contribution in [0.25, 0.3) is 0 Å². The van der Waals surface area contributed by atoms with Crippen LogP contribution in [0, 0.1) is 29.2 Å². The van der Waals surface area contributed by atoms with Gasteiger partial charge < -0.3 is 20.1 Å². The van der Waals surface area contributed by atoms with Crippen molar-refractivity contribution in [3.8, 4) is 0 Å². The van der Waals surface area contributed by atoms with Gasteiger partial charge in [-0.15, -0.1) is 23.2 Å². The predicted molar refractivity (Wildman–Crippen MR) is 181 cm³/mol. The molecule has 0 aliphatic heterocycles. The Hall–Kier alpha value is -3.78. The van der Waals surface area contributed by atoms with Gasteiger partial charge in [0, 0.05) is 11.6 Å². The summed E-state index contributed by atoms with van der Waals surface area (Å²) in [5, 5.41) is 3.64. The van der Waals surface area contributed by atoms with Crippen LogP contribution >= 0.6 is 46.4 Å². The van der Waals surface area contributed by atoms with Crippen molar-refractivity contribution in [2.75, 3.05) is 15.5 Å². The highest BCUT2D eigenvalue weighted by Gasteiger charge is 2.67. The number of rotatable bonds is 6. The van der Waals surface area contributed by atoms with Gasteiger partial charge in [0.05, 0.1) is 27.2 Å². The molecule has 0 unspecified atom stereocenters. The fourth-order valence-electron chi connectivity index (χ4n) is 4.72. The lowest BCUT2D eigenvalue weighted by Crippen LogP contribution is -2.44. The number of carbonyl (C=O) groups excluding carboxylic acids is 4. The summed E-state index contributed by atoms with van der Waals surface area (Å²) in [6.45, 7) is 8.69. The number of ether oxygens (including phenoxy) is 2. The first-order chi connectivity index (χ1) is 22.9. The monoisotopic (exact) mass is 779 g/mol. The lowest BCUT2D eigenvalue weighted by atomic mass is 10.1. The third-order valence-corrected chi connectivity index (χ3v) is 8.38. The molecule has 0 spiro atoms. The van der Waals surface area contributed by atoms with Gasteiger partial charge in [-0.3, -0.25) is 9.59 Å². The lowest BCUT2D eigenvalue weighted by molar-refractivity contribution is -0.117. The van der Waals surface area contributed by atoms with Gasteiger partial charge in [-0.05, 0) is 83.5 Å². The van der Waals surface area contributed by atoms with E-state index in [4.69, 9.17) is 55.9 Å². The molecule has 0 aromatic heterocycles. The van der Waals surface area contributed by atoms with E-state index in [2.05, 4.69) is 10.6 Å². The van der Waals surface area contributed by atoms with Gasteiger partial charge in [0.15, 0.2) is 17.5 Å². The van der Waals surface area contributed by atoms with Crippen molar-refractivity contribution in [1.29, 1.82) is 0 Å². The fourth-order valence-corrected chi connectivity index (χ4v) is 5.96. The quantitative estimate of drug-likeness (QED) is 0.190. The third-order valence-electron chi connectivity index (χ3n) is 6.87. The predicted octanol–water partition coefficient (Wildman–Crippen LogP) is 10.0. The summed E-state index contributed by atoms with van der Waals surface area (Å²) in [5.74, 6) is -8.99. The Balaban J connectivity index is 1.63. The molecule has 2 atom stereocenters. The number of benzene rings is 3. The van der Waals surface area contributed by atoms with Crippen LogP contribution in [0.1, 0.15) is 63.4 Å². The first-order valence-electron chi connectivity index (χ1n) is 14.6. The molecule has 50 heavy (non-hydrogen) atoms. The summed E-state index contributed by atoms with van der Waals surface area (Å²) < 4.78 is 68.6. The maximum absolute atomic E-state index is 15.9. The van der Waals surface area contributed by atoms with Crippen molar-refractivity contribution >= 4 is 87.5 Å². The number of anilines is 3. The first-order valence-corrected chi connectivity index (χ1v) is 16.1. The smallest absolute Gasteiger partial charge is 0.424 e. The van der Waals surface area contributed by atoms with Crippen molar-refractivity contribution < 1.29 is 46.2 Å². The molecular formula is C33H29Cl4F4N3O6. The summed E-state index contributed by atoms with van der Waals surface area (Å²) in [6, 6.07) is 6.97. The Kier molecular flexibility index (Phi) is 11.0. The van der Waals surface area contributed by atoms with Gasteiger partial charge in [-0.25, -0.2) is 27.2 Å². The maximum atomic E-state index is 15.9. The van der Waals surface area contributed by atoms with E-state index >= 15 is 13.2 Å². The van der Waals surface area contributed by atoms with E-state index < -0.39 is 96.6 Å². The van der Waals surface area contributed by atoms with Crippen molar-refractivity contribution in [3.05, 3.63) is 86.9 Å². The summed E-state index contributed by atoms with van der Waals surface area (Å²) in [7, 11) is 0. The number of carbonyl (C=O) groups is 4. The van der Waals surface area contributed by atoms with Crippen LogP contribution < -0.4 is 15.5 Å². The van der Waals surface area contributed by atoms with E-state index in [1.165, 1.54) is 53.7 Å². The van der Waals surface area contributed by atoms with Gasteiger partial charge in [0.25, 0.3) is 5.91 Å². The molecule has 2 N–H and O–H groups in total. The van der Waals surface area contributed by atoms with E-state index in [-0.39, 0.29) is 15.6 Å². The van der Waals surface area contributed by atoms with Gasteiger partial charge in [-0.2, -0.15) is 4.90 Å². The Morgan fingerprint density at radius 1 is 0.760 bits per heavy atom. The zero-order chi connectivity index (χ0) is 37.7. The van der Waals surface area contributed by atoms with Crippen LogP contribution in [-0.4, -0.2) is 39.5 Å². The second kappa shape index (κ2) is 14.1. The van der Waals surface area contributed by atoms with Crippen LogP contribution in [0.2, 0.25) is 10.0 Å². The SMILES string of the molecule is CC(C)(C)OC(=O)N(C(=O)OC(C)(C)C)c1c(F)ccc(NC(=O)c2cc(NC(=O)[C@H]3[C@H](c4ccc(F)c(Cl)c4)C3(Cl)Cl)cc(Cl)c2F)c1F. The second-order valence-electron chi connectivity index (χ2n) is 13.1. The molecule has 268 valence electrons. The summed E-state index contributed by atoms with van der Waals surface area (Å²) in [6.07, 6.45) is -2.99. The Morgan fingerprint density at radius 3 is 1.86 bits per heavy atom. The van der Waals surface area contributed by atoms with Crippen molar-refractivity contribution in [2.24, 2.45) is 5.92 Å². The topological polar surface area (TPSA) is 114 Å². The molecule has 3 aromatic carbocycles. The third kappa shape index (κ3) is 8.56. The largest absolute Gasteiger partial charge is 0.443 e. The van der Waals surface area contributed by atoms with Gasteiger partial charge in [0.1, 0.15) is 27.0 Å². The molecule has 0 heterocycles. The molecule has 9 nitrogen and oxygen atoms in total. The molecule has 3 aromatic rings. The zero-order valence-electron chi connectivity index (χ0n) is 27.1. The molecule has 4 amide bonds. The standard InChI is InChI=1S/C33H29Cl4F4N3O6/c1-31(2,3)49-29(47)44(30(48)50-32(4,5)6)26-20(39)9-10-21(25(26)41)43-27(45)16-12-15(13-18(35)24(16)40)42-28(46)23-22(33(23,36)37)14-7-8-19(38)17(34)11-14/h7-13,22-23H,1-6H3,(H,42,46)(H,43,45)/t22-,23+/m0/s1. The summed E-state index contributed by atoms with van der Waals surface area (Å²) in [5.41, 5.74) is -5.08. The molecule has 1 fully saturated rings. The van der Waals surface area contributed by atoms with Crippen LogP contribution in [0.3, 0.4) is 0 Å². The van der Waals surface area contributed by atoms with Crippen molar-refractivity contribution in [2.45, 2.75) is 63.0 Å². The molecular weight excluding hydrogens is 752 g/mol. The maximum Gasteiger partial charge on any atom is 0.424 e. The number of imide groups is 1. The second-order valence-corrected chi connectivity index (χ2v) is 15.4. The highest BCUT2D eigenvalue weighted by molar-refractivity contribution is 6.53. The van der Waals surface area contributed by atoms with E-state index in [1.54, 1.807) is 0 Å². The van der Waals surface area contributed by atoms with Gasteiger partial charge in [-0.1, -0.05) is 29.3 Å². The minimum Gasteiger partial charge on any atom is -0.443 e. The molecule has 0 radical (unpaired) electrons. The normalized spacial score (nSPS) is 16.7. The number of nitrogens with one attached hydrogen (secondary N) is 2. The number of hydrogen-bond acceptors (Lipinski definition) is 6. The molecule has 0 bridgehead atoms. The molecule has 17 heteroatoms. The van der Waals surface area contributed by atoms with Gasteiger partial charge >= 0.3 is 12.2 Å². The summed E-state index contributed by atoms with van der Waals surface area (Å²) in [4.78, 5) is 52.5. The Morgan fingerprint density at radius 2 is 1.32 bits per heavy atom. The van der Waals surface area contributed by atoms with Crippen LogP contribution in [0.15, 0.2) is 42.5 Å². The van der Waals surface area contributed by atoms with E-state index in [0.717, 1.165) is 24.3 Å². The zero-order valence-corrected chi connectivity index (χ0v) is 30.1. The number of amides is 4. The average molecular weight is 781 g/mol. The minimum absolute atomic E-state index is 0.0107. The first kappa shape index (κ1) is 39.0. The van der Waals surface area contributed by atoms with Crippen LogP contribution in [-0.2, 0) is 14.3 Å². The minimum atomic E-state index is -1.63. The van der Waals surface area contributed by atoms with Crippen LogP contribution in [0.5, 0.6) is 0 Å². The molecule has 0 saturated heterocycles. The van der Waals surface area contributed by atoms with Crippen molar-refractivity contribution in [1.82, 2.24) is 0 Å². The molecule has 1 aliphatic carbocycles. The Bertz CT molecular complexity index is 1870. The average Bonchev–Trinajstić information content (AvgIpc) is 3.55. The molecule has 4 rings (SSSR count). The number of halogens is 8. The van der Waals surface area contributed by atoms with E-state index in [1.807, 2.05) is 0 Å². The summed E-state index contributed by atoms with van der Waals surface area (Å²) >= 11 is 24.6. The Labute approximate surface area is 304 Å². The van der Waals surface area contributed by atoms with Crippen molar-refractivity contribution in [3.63, 3.8) is 0 Å². The van der Waals surface area contributed by atoms with Crippen LogP contribution in [0.4, 0.5) is 44.2 Å². The number of alkyl halides is 2. The number of nitrogens with zero attached hydrogens (tertiary/aromatic N) is 1. The van der Waals surface area contributed by atoms with Gasteiger partial charge in [0.2, 0.25) is 5.91 Å². The van der Waals surface area contributed by atoms with E-state index in [0.29, 0.717) is 11.6 Å². The lowest BCUT2D eigenvalue weighted by Gasteiger charge is -2.29. The fraction of sp³-hybridized carbons (Fsp3) is 0.333. The molecule has 1 aliphatic rings. The highest BCUT2D eigenvalue weighted by atomic mass is 35.5.